The molecule has 3 aromatic rings. The molecule has 3 aromatic heterocycles. The number of aromatic nitrogens is 5. The highest BCUT2D eigenvalue weighted by molar-refractivity contribution is 9.10. The topological polar surface area (TPSA) is 67.3 Å². The summed E-state index contributed by atoms with van der Waals surface area (Å²) in [5.74, 6) is 0.683. The molecule has 0 fully saturated rings. The molecule has 1 N–H and O–H groups in total. The van der Waals surface area contributed by atoms with Crippen molar-refractivity contribution < 1.29 is 0 Å². The molecule has 6 heteroatoms. The van der Waals surface area contributed by atoms with E-state index in [0.29, 0.717) is 11.5 Å². The highest BCUT2D eigenvalue weighted by Gasteiger charge is 2.09. The van der Waals surface area contributed by atoms with E-state index < -0.39 is 0 Å². The first kappa shape index (κ1) is 9.41. The van der Waals surface area contributed by atoms with Gasteiger partial charge in [-0.05, 0) is 28.1 Å². The van der Waals surface area contributed by atoms with Crippen LogP contribution >= 0.6 is 15.9 Å². The summed E-state index contributed by atoms with van der Waals surface area (Å²) < 4.78 is 0.891. The van der Waals surface area contributed by atoms with Crippen molar-refractivity contribution in [3.05, 3.63) is 35.3 Å². The van der Waals surface area contributed by atoms with E-state index in [1.807, 2.05) is 12.1 Å². The van der Waals surface area contributed by atoms with Crippen LogP contribution in [0.5, 0.6) is 0 Å². The number of nitrogens with one attached hydrogen (secondary N) is 1. The lowest BCUT2D eigenvalue weighted by atomic mass is 10.3. The number of fused-ring (bicyclic) bond motifs is 1. The van der Waals surface area contributed by atoms with Gasteiger partial charge in [0, 0.05) is 10.7 Å². The van der Waals surface area contributed by atoms with Crippen molar-refractivity contribution >= 4 is 27.1 Å². The number of H-pyrrole nitrogens is 1. The number of hydrogen-bond donors (Lipinski definition) is 1. The van der Waals surface area contributed by atoms with Gasteiger partial charge in [-0.1, -0.05) is 0 Å². The average molecular weight is 276 g/mol. The lowest BCUT2D eigenvalue weighted by Crippen LogP contribution is -1.86. The second kappa shape index (κ2) is 3.64. The van der Waals surface area contributed by atoms with E-state index in [4.69, 9.17) is 0 Å². The van der Waals surface area contributed by atoms with Gasteiger partial charge in [0.2, 0.25) is 0 Å². The molecular formula is C10H6BrN5. The summed E-state index contributed by atoms with van der Waals surface area (Å²) in [5, 5.41) is 0. The van der Waals surface area contributed by atoms with E-state index >= 15 is 0 Å². The molecule has 0 aromatic carbocycles. The molecule has 78 valence electrons. The molecule has 0 bridgehead atoms. The number of aromatic amines is 1. The van der Waals surface area contributed by atoms with Crippen molar-refractivity contribution in [1.29, 1.82) is 0 Å². The molecule has 0 spiro atoms. The molecule has 0 amide bonds. The number of halogens is 1. The first-order valence-corrected chi connectivity index (χ1v) is 5.40. The van der Waals surface area contributed by atoms with E-state index in [9.17, 15) is 0 Å². The Morgan fingerprint density at radius 1 is 1.25 bits per heavy atom. The summed E-state index contributed by atoms with van der Waals surface area (Å²) in [5.41, 5.74) is 2.21. The van der Waals surface area contributed by atoms with E-state index in [-0.39, 0.29) is 0 Å². The summed E-state index contributed by atoms with van der Waals surface area (Å²) in [6.45, 7) is 0. The summed E-state index contributed by atoms with van der Waals surface area (Å²) in [6, 6.07) is 3.78. The molecule has 0 aliphatic rings. The fourth-order valence-corrected chi connectivity index (χ4v) is 1.88. The van der Waals surface area contributed by atoms with Gasteiger partial charge in [0.25, 0.3) is 0 Å². The van der Waals surface area contributed by atoms with Crippen LogP contribution in [-0.2, 0) is 0 Å². The van der Waals surface area contributed by atoms with Crippen LogP contribution in [0.2, 0.25) is 0 Å². The van der Waals surface area contributed by atoms with Crippen LogP contribution < -0.4 is 0 Å². The van der Waals surface area contributed by atoms with Crippen LogP contribution in [0, 0.1) is 0 Å². The fourth-order valence-electron chi connectivity index (χ4n) is 1.43. The quantitative estimate of drug-likeness (QED) is 0.739. The molecule has 0 atom stereocenters. The minimum absolute atomic E-state index is 0.641. The zero-order valence-electron chi connectivity index (χ0n) is 8.05. The van der Waals surface area contributed by atoms with Gasteiger partial charge in [0.1, 0.15) is 17.5 Å². The van der Waals surface area contributed by atoms with Crippen LogP contribution in [0.4, 0.5) is 0 Å². The van der Waals surface area contributed by atoms with Gasteiger partial charge in [-0.3, -0.25) is 4.98 Å². The molecule has 3 heterocycles. The second-order valence-electron chi connectivity index (χ2n) is 3.18. The summed E-state index contributed by atoms with van der Waals surface area (Å²) >= 11 is 3.43. The number of rotatable bonds is 1. The minimum Gasteiger partial charge on any atom is -0.334 e. The minimum atomic E-state index is 0.641. The van der Waals surface area contributed by atoms with Crippen molar-refractivity contribution in [2.24, 2.45) is 0 Å². The van der Waals surface area contributed by atoms with Gasteiger partial charge in [-0.2, -0.15) is 0 Å². The smallest absolute Gasteiger partial charge is 0.181 e. The zero-order chi connectivity index (χ0) is 11.0. The first-order chi connectivity index (χ1) is 7.84. The van der Waals surface area contributed by atoms with Gasteiger partial charge in [0.05, 0.1) is 6.20 Å². The number of pyridine rings is 1. The summed E-state index contributed by atoms with van der Waals surface area (Å²) in [6.07, 6.45) is 4.88. The normalized spacial score (nSPS) is 10.8. The van der Waals surface area contributed by atoms with E-state index in [1.54, 1.807) is 12.4 Å². The van der Waals surface area contributed by atoms with Crippen molar-refractivity contribution in [2.45, 2.75) is 0 Å². The predicted octanol–water partition coefficient (Wildman–Crippen LogP) is 2.18. The maximum Gasteiger partial charge on any atom is 0.181 e. The monoisotopic (exact) mass is 275 g/mol. The third kappa shape index (κ3) is 1.47. The van der Waals surface area contributed by atoms with E-state index in [2.05, 4.69) is 40.8 Å². The highest BCUT2D eigenvalue weighted by Crippen LogP contribution is 2.24. The van der Waals surface area contributed by atoms with Crippen LogP contribution in [0.1, 0.15) is 0 Å². The third-order valence-electron chi connectivity index (χ3n) is 2.14. The lowest BCUT2D eigenvalue weighted by molar-refractivity contribution is 1.19. The lowest BCUT2D eigenvalue weighted by Gasteiger charge is -1.97. The molecule has 0 aliphatic carbocycles. The standard InChI is InChI=1S/C10H6BrN5/c11-6-2-1-3-13-8(6)10-15-7-4-12-5-14-9(7)16-10/h1-5H,(H,12,14,15,16). The molecule has 0 radical (unpaired) electrons. The van der Waals surface area contributed by atoms with Crippen molar-refractivity contribution in [3.63, 3.8) is 0 Å². The van der Waals surface area contributed by atoms with Crippen LogP contribution in [0.15, 0.2) is 35.3 Å². The van der Waals surface area contributed by atoms with Gasteiger partial charge in [0.15, 0.2) is 11.5 Å². The highest BCUT2D eigenvalue weighted by atomic mass is 79.9. The molecule has 0 unspecified atom stereocenters. The van der Waals surface area contributed by atoms with Gasteiger partial charge in [-0.15, -0.1) is 0 Å². The maximum absolute atomic E-state index is 4.34. The summed E-state index contributed by atoms with van der Waals surface area (Å²) in [7, 11) is 0. The molecule has 0 aliphatic heterocycles. The molecule has 16 heavy (non-hydrogen) atoms. The third-order valence-corrected chi connectivity index (χ3v) is 2.78. The Morgan fingerprint density at radius 2 is 2.19 bits per heavy atom. The SMILES string of the molecule is Brc1cccnc1-c1nc2ncncc2[nH]1. The Hall–Kier alpha value is -1.82. The Labute approximate surface area is 99.1 Å². The second-order valence-corrected chi connectivity index (χ2v) is 4.03. The van der Waals surface area contributed by atoms with Crippen LogP contribution in [0.25, 0.3) is 22.7 Å². The van der Waals surface area contributed by atoms with Crippen molar-refractivity contribution in [1.82, 2.24) is 24.9 Å². The van der Waals surface area contributed by atoms with Gasteiger partial charge < -0.3 is 4.98 Å². The maximum atomic E-state index is 4.34. The number of imidazole rings is 1. The molecule has 0 saturated heterocycles. The Balaban J connectivity index is 2.23. The predicted molar refractivity (Wildman–Crippen MR) is 62.6 cm³/mol. The van der Waals surface area contributed by atoms with Crippen LogP contribution in [-0.4, -0.2) is 24.9 Å². The first-order valence-electron chi connectivity index (χ1n) is 4.61. The molecular weight excluding hydrogens is 270 g/mol. The zero-order valence-corrected chi connectivity index (χ0v) is 9.64. The van der Waals surface area contributed by atoms with Gasteiger partial charge in [-0.25, -0.2) is 15.0 Å². The van der Waals surface area contributed by atoms with Gasteiger partial charge >= 0.3 is 0 Å². The van der Waals surface area contributed by atoms with Crippen molar-refractivity contribution in [2.75, 3.05) is 0 Å². The fraction of sp³-hybridized carbons (Fsp3) is 0. The Bertz CT molecular complexity index is 615. The molecule has 3 rings (SSSR count). The largest absolute Gasteiger partial charge is 0.334 e. The van der Waals surface area contributed by atoms with Crippen molar-refractivity contribution in [3.8, 4) is 11.5 Å². The van der Waals surface area contributed by atoms with E-state index in [0.717, 1.165) is 15.7 Å². The number of nitrogens with zero attached hydrogens (tertiary/aromatic N) is 4. The number of hydrogen-bond acceptors (Lipinski definition) is 4. The average Bonchev–Trinajstić information content (AvgIpc) is 2.73. The Morgan fingerprint density at radius 3 is 3.00 bits per heavy atom. The Kier molecular flexibility index (Phi) is 2.14. The summed E-state index contributed by atoms with van der Waals surface area (Å²) in [4.78, 5) is 19.7. The van der Waals surface area contributed by atoms with E-state index in [1.165, 1.54) is 6.33 Å². The van der Waals surface area contributed by atoms with Crippen LogP contribution in [0.3, 0.4) is 0 Å². The molecule has 0 saturated carbocycles. The molecule has 5 nitrogen and oxygen atoms in total.